The van der Waals surface area contributed by atoms with Crippen molar-refractivity contribution in [2.24, 2.45) is 24.6 Å². The minimum atomic E-state index is 0.0485. The molecule has 1 heterocycles. The Labute approximate surface area is 96.8 Å². The standard InChI is InChI=1S/C12H21N3O/c1-8-4-5-9(6-8)11(13)12-10(16-3)7-14-15(12)2/h7-9,11H,4-6,13H2,1-3H3. The van der Waals surface area contributed by atoms with Crippen molar-refractivity contribution in [2.75, 3.05) is 7.11 Å². The van der Waals surface area contributed by atoms with Gasteiger partial charge in [0.25, 0.3) is 0 Å². The fraction of sp³-hybridized carbons (Fsp3) is 0.750. The Bertz CT molecular complexity index is 361. The zero-order chi connectivity index (χ0) is 11.7. The first-order valence-electron chi connectivity index (χ1n) is 5.95. The number of aryl methyl sites for hydroxylation is 1. The number of rotatable bonds is 3. The molecule has 1 aliphatic rings. The van der Waals surface area contributed by atoms with Gasteiger partial charge in [0.2, 0.25) is 0 Å². The predicted octanol–water partition coefficient (Wildman–Crippen LogP) is 1.86. The lowest BCUT2D eigenvalue weighted by molar-refractivity contribution is 0.371. The molecule has 90 valence electrons. The van der Waals surface area contributed by atoms with Gasteiger partial charge in [0.15, 0.2) is 5.75 Å². The number of aromatic nitrogens is 2. The van der Waals surface area contributed by atoms with Gasteiger partial charge < -0.3 is 10.5 Å². The van der Waals surface area contributed by atoms with Crippen LogP contribution in [0.1, 0.15) is 37.9 Å². The van der Waals surface area contributed by atoms with E-state index in [9.17, 15) is 0 Å². The van der Waals surface area contributed by atoms with Crippen LogP contribution in [-0.4, -0.2) is 16.9 Å². The zero-order valence-corrected chi connectivity index (χ0v) is 10.3. The maximum absolute atomic E-state index is 6.34. The number of hydrogen-bond donors (Lipinski definition) is 1. The van der Waals surface area contributed by atoms with Gasteiger partial charge in [0.1, 0.15) is 0 Å². The summed E-state index contributed by atoms with van der Waals surface area (Å²) < 4.78 is 7.15. The van der Waals surface area contributed by atoms with Crippen molar-refractivity contribution in [1.82, 2.24) is 9.78 Å². The van der Waals surface area contributed by atoms with Crippen molar-refractivity contribution < 1.29 is 4.74 Å². The van der Waals surface area contributed by atoms with E-state index in [2.05, 4.69) is 12.0 Å². The molecular weight excluding hydrogens is 202 g/mol. The van der Waals surface area contributed by atoms with Gasteiger partial charge in [-0.05, 0) is 24.7 Å². The van der Waals surface area contributed by atoms with E-state index in [-0.39, 0.29) is 6.04 Å². The summed E-state index contributed by atoms with van der Waals surface area (Å²) in [6.07, 6.45) is 5.47. The summed E-state index contributed by atoms with van der Waals surface area (Å²) in [6, 6.07) is 0.0485. The molecule has 0 amide bonds. The Morgan fingerprint density at radius 1 is 1.56 bits per heavy atom. The maximum Gasteiger partial charge on any atom is 0.161 e. The number of ether oxygens (including phenoxy) is 1. The first kappa shape index (κ1) is 11.5. The molecule has 1 aliphatic carbocycles. The number of methoxy groups -OCH3 is 1. The second-order valence-corrected chi connectivity index (χ2v) is 4.93. The Balaban J connectivity index is 2.19. The largest absolute Gasteiger partial charge is 0.493 e. The first-order chi connectivity index (χ1) is 7.63. The third-order valence-electron chi connectivity index (χ3n) is 3.73. The lowest BCUT2D eigenvalue weighted by Crippen LogP contribution is -2.22. The Hall–Kier alpha value is -1.03. The van der Waals surface area contributed by atoms with Crippen molar-refractivity contribution in [2.45, 2.75) is 32.2 Å². The SMILES string of the molecule is COc1cnn(C)c1C(N)C1CCC(C)C1. The fourth-order valence-electron chi connectivity index (χ4n) is 2.76. The molecule has 4 nitrogen and oxygen atoms in total. The van der Waals surface area contributed by atoms with Gasteiger partial charge in [0.05, 0.1) is 25.0 Å². The normalized spacial score (nSPS) is 27.0. The molecule has 0 aromatic carbocycles. The molecule has 16 heavy (non-hydrogen) atoms. The van der Waals surface area contributed by atoms with Gasteiger partial charge in [0, 0.05) is 7.05 Å². The van der Waals surface area contributed by atoms with Crippen LogP contribution < -0.4 is 10.5 Å². The highest BCUT2D eigenvalue weighted by atomic mass is 16.5. The van der Waals surface area contributed by atoms with Gasteiger partial charge in [-0.25, -0.2) is 0 Å². The van der Waals surface area contributed by atoms with E-state index in [0.717, 1.165) is 17.4 Å². The van der Waals surface area contributed by atoms with Gasteiger partial charge in [-0.1, -0.05) is 13.3 Å². The zero-order valence-electron chi connectivity index (χ0n) is 10.3. The summed E-state index contributed by atoms with van der Waals surface area (Å²) in [5.74, 6) is 2.18. The van der Waals surface area contributed by atoms with E-state index in [4.69, 9.17) is 10.5 Å². The minimum absolute atomic E-state index is 0.0485. The summed E-state index contributed by atoms with van der Waals surface area (Å²) >= 11 is 0. The van der Waals surface area contributed by atoms with Crippen LogP contribution >= 0.6 is 0 Å². The molecule has 1 fully saturated rings. The van der Waals surface area contributed by atoms with Crippen LogP contribution in [-0.2, 0) is 7.05 Å². The number of nitrogens with two attached hydrogens (primary N) is 1. The van der Waals surface area contributed by atoms with Crippen LogP contribution in [0.15, 0.2) is 6.20 Å². The van der Waals surface area contributed by atoms with E-state index < -0.39 is 0 Å². The molecule has 2 N–H and O–H groups in total. The molecular formula is C12H21N3O. The molecule has 0 aliphatic heterocycles. The first-order valence-corrected chi connectivity index (χ1v) is 5.95. The highest BCUT2D eigenvalue weighted by molar-refractivity contribution is 5.28. The predicted molar refractivity (Wildman–Crippen MR) is 63.2 cm³/mol. The monoisotopic (exact) mass is 223 g/mol. The minimum Gasteiger partial charge on any atom is -0.493 e. The highest BCUT2D eigenvalue weighted by Gasteiger charge is 2.30. The molecule has 1 saturated carbocycles. The molecule has 2 rings (SSSR count). The topological polar surface area (TPSA) is 53.1 Å². The molecule has 3 atom stereocenters. The van der Waals surface area contributed by atoms with E-state index in [1.54, 1.807) is 13.3 Å². The van der Waals surface area contributed by atoms with Gasteiger partial charge in [-0.3, -0.25) is 4.68 Å². The average molecular weight is 223 g/mol. The smallest absolute Gasteiger partial charge is 0.161 e. The third-order valence-corrected chi connectivity index (χ3v) is 3.73. The van der Waals surface area contributed by atoms with Crippen molar-refractivity contribution in [3.63, 3.8) is 0 Å². The molecule has 0 bridgehead atoms. The van der Waals surface area contributed by atoms with Crippen LogP contribution in [0.5, 0.6) is 5.75 Å². The van der Waals surface area contributed by atoms with Gasteiger partial charge in [-0.15, -0.1) is 0 Å². The quantitative estimate of drug-likeness (QED) is 0.851. The summed E-state index contributed by atoms with van der Waals surface area (Å²) in [4.78, 5) is 0. The Morgan fingerprint density at radius 3 is 2.88 bits per heavy atom. The van der Waals surface area contributed by atoms with E-state index >= 15 is 0 Å². The molecule has 1 aromatic rings. The highest BCUT2D eigenvalue weighted by Crippen LogP contribution is 2.39. The van der Waals surface area contributed by atoms with Gasteiger partial charge in [-0.2, -0.15) is 5.10 Å². The molecule has 1 aromatic heterocycles. The molecule has 0 radical (unpaired) electrons. The number of hydrogen-bond acceptors (Lipinski definition) is 3. The van der Waals surface area contributed by atoms with Crippen LogP contribution in [0, 0.1) is 11.8 Å². The molecule has 4 heteroatoms. The summed E-state index contributed by atoms with van der Waals surface area (Å²) in [7, 11) is 3.60. The summed E-state index contributed by atoms with van der Waals surface area (Å²) in [5.41, 5.74) is 7.37. The summed E-state index contributed by atoms with van der Waals surface area (Å²) in [6.45, 7) is 2.30. The van der Waals surface area contributed by atoms with Crippen molar-refractivity contribution >= 4 is 0 Å². The van der Waals surface area contributed by atoms with Crippen molar-refractivity contribution in [1.29, 1.82) is 0 Å². The third kappa shape index (κ3) is 1.94. The Kier molecular flexibility index (Phi) is 3.19. The van der Waals surface area contributed by atoms with Crippen LogP contribution in [0.25, 0.3) is 0 Å². The second kappa shape index (κ2) is 4.45. The summed E-state index contributed by atoms with van der Waals surface area (Å²) in [5, 5.41) is 4.21. The fourth-order valence-corrected chi connectivity index (χ4v) is 2.76. The van der Waals surface area contributed by atoms with E-state index in [0.29, 0.717) is 5.92 Å². The molecule has 0 spiro atoms. The lowest BCUT2D eigenvalue weighted by Gasteiger charge is -2.20. The van der Waals surface area contributed by atoms with E-state index in [1.165, 1.54) is 19.3 Å². The Morgan fingerprint density at radius 2 is 2.31 bits per heavy atom. The van der Waals surface area contributed by atoms with Gasteiger partial charge >= 0.3 is 0 Å². The van der Waals surface area contributed by atoms with Crippen LogP contribution in [0.2, 0.25) is 0 Å². The number of nitrogens with zero attached hydrogens (tertiary/aromatic N) is 2. The van der Waals surface area contributed by atoms with E-state index in [1.807, 2.05) is 11.7 Å². The maximum atomic E-state index is 6.34. The van der Waals surface area contributed by atoms with Crippen molar-refractivity contribution in [3.05, 3.63) is 11.9 Å². The lowest BCUT2D eigenvalue weighted by atomic mass is 9.95. The van der Waals surface area contributed by atoms with Crippen LogP contribution in [0.3, 0.4) is 0 Å². The van der Waals surface area contributed by atoms with Crippen LogP contribution in [0.4, 0.5) is 0 Å². The molecule has 0 saturated heterocycles. The average Bonchev–Trinajstić information content (AvgIpc) is 2.83. The van der Waals surface area contributed by atoms with Crippen molar-refractivity contribution in [3.8, 4) is 5.75 Å². The second-order valence-electron chi connectivity index (χ2n) is 4.93. The molecule has 3 unspecified atom stereocenters.